The highest BCUT2D eigenvalue weighted by atomic mass is 16.5. The number of piperidine rings is 1. The number of amides is 1. The molecule has 0 N–H and O–H groups in total. The van der Waals surface area contributed by atoms with E-state index in [2.05, 4.69) is 9.55 Å². The summed E-state index contributed by atoms with van der Waals surface area (Å²) < 4.78 is 18.4. The average Bonchev–Trinajstić information content (AvgIpc) is 3.44. The van der Waals surface area contributed by atoms with Crippen LogP contribution in [0.15, 0.2) is 53.4 Å². The number of rotatable bonds is 5. The van der Waals surface area contributed by atoms with Crippen molar-refractivity contribution in [2.24, 2.45) is 0 Å². The fraction of sp³-hybridized carbons (Fsp3) is 0.333. The fourth-order valence-corrected chi connectivity index (χ4v) is 3.80. The van der Waals surface area contributed by atoms with Crippen molar-refractivity contribution in [2.75, 3.05) is 27.3 Å². The van der Waals surface area contributed by atoms with Crippen molar-refractivity contribution >= 4 is 5.91 Å². The fourth-order valence-electron chi connectivity index (χ4n) is 3.80. The summed E-state index contributed by atoms with van der Waals surface area (Å²) in [6.45, 7) is 1.33. The minimum Gasteiger partial charge on any atom is -0.493 e. The summed E-state index contributed by atoms with van der Waals surface area (Å²) in [7, 11) is 3.24. The average molecular weight is 381 g/mol. The first kappa shape index (κ1) is 18.2. The molecule has 1 atom stereocenters. The third kappa shape index (κ3) is 3.24. The SMILES string of the molecule is COc1cccc(-c2nccn2C2CCCN(C(=O)c3ccco3)C2)c1OC. The molecule has 3 aromatic rings. The molecule has 7 nitrogen and oxygen atoms in total. The Balaban J connectivity index is 1.63. The summed E-state index contributed by atoms with van der Waals surface area (Å²) >= 11 is 0. The zero-order valence-electron chi connectivity index (χ0n) is 16.0. The summed E-state index contributed by atoms with van der Waals surface area (Å²) in [5, 5.41) is 0. The van der Waals surface area contributed by atoms with E-state index in [1.807, 2.05) is 29.3 Å². The van der Waals surface area contributed by atoms with Crippen molar-refractivity contribution in [3.05, 3.63) is 54.7 Å². The summed E-state index contributed by atoms with van der Waals surface area (Å²) in [4.78, 5) is 19.1. The minimum absolute atomic E-state index is 0.0738. The van der Waals surface area contributed by atoms with Crippen molar-refractivity contribution in [2.45, 2.75) is 18.9 Å². The van der Waals surface area contributed by atoms with Gasteiger partial charge in [0.2, 0.25) is 0 Å². The van der Waals surface area contributed by atoms with Gasteiger partial charge >= 0.3 is 0 Å². The van der Waals surface area contributed by atoms with E-state index in [0.29, 0.717) is 23.8 Å². The third-order valence-corrected chi connectivity index (χ3v) is 5.12. The van der Waals surface area contributed by atoms with Crippen LogP contribution < -0.4 is 9.47 Å². The third-order valence-electron chi connectivity index (χ3n) is 5.12. The van der Waals surface area contributed by atoms with Gasteiger partial charge in [0.25, 0.3) is 5.91 Å². The molecular formula is C21H23N3O4. The van der Waals surface area contributed by atoms with Gasteiger partial charge in [-0.15, -0.1) is 0 Å². The highest BCUT2D eigenvalue weighted by molar-refractivity contribution is 5.91. The van der Waals surface area contributed by atoms with Crippen LogP contribution in [0.3, 0.4) is 0 Å². The Morgan fingerprint density at radius 1 is 1.21 bits per heavy atom. The van der Waals surface area contributed by atoms with Crippen molar-refractivity contribution < 1.29 is 18.7 Å². The van der Waals surface area contributed by atoms with Gasteiger partial charge in [0.05, 0.1) is 32.1 Å². The molecule has 4 rings (SSSR count). The molecule has 0 bridgehead atoms. The van der Waals surface area contributed by atoms with Crippen LogP contribution >= 0.6 is 0 Å². The number of aromatic nitrogens is 2. The highest BCUT2D eigenvalue weighted by Crippen LogP contribution is 2.38. The zero-order chi connectivity index (χ0) is 19.5. The lowest BCUT2D eigenvalue weighted by atomic mass is 10.0. The van der Waals surface area contributed by atoms with Crippen LogP contribution in [-0.2, 0) is 0 Å². The van der Waals surface area contributed by atoms with Crippen LogP contribution in [0.5, 0.6) is 11.5 Å². The molecule has 7 heteroatoms. The number of furan rings is 1. The molecule has 1 aliphatic heterocycles. The van der Waals surface area contributed by atoms with Gasteiger partial charge in [-0.05, 0) is 37.1 Å². The molecule has 1 aliphatic rings. The Hall–Kier alpha value is -3.22. The topological polar surface area (TPSA) is 69.7 Å². The Labute approximate surface area is 163 Å². The van der Waals surface area contributed by atoms with E-state index in [9.17, 15) is 4.79 Å². The van der Waals surface area contributed by atoms with E-state index in [4.69, 9.17) is 13.9 Å². The first-order valence-corrected chi connectivity index (χ1v) is 9.30. The molecule has 0 aliphatic carbocycles. The molecule has 28 heavy (non-hydrogen) atoms. The second kappa shape index (κ2) is 7.80. The number of benzene rings is 1. The normalized spacial score (nSPS) is 16.8. The lowest BCUT2D eigenvalue weighted by molar-refractivity contribution is 0.0648. The molecule has 0 spiro atoms. The number of hydrogen-bond acceptors (Lipinski definition) is 5. The zero-order valence-corrected chi connectivity index (χ0v) is 16.0. The number of nitrogens with zero attached hydrogens (tertiary/aromatic N) is 3. The molecule has 1 fully saturated rings. The predicted molar refractivity (Wildman–Crippen MR) is 104 cm³/mol. The van der Waals surface area contributed by atoms with Gasteiger partial charge in [-0.1, -0.05) is 6.07 Å². The number of carbonyl (C=O) groups is 1. The molecule has 1 saturated heterocycles. The van der Waals surface area contributed by atoms with Crippen LogP contribution in [0.4, 0.5) is 0 Å². The second-order valence-corrected chi connectivity index (χ2v) is 6.72. The van der Waals surface area contributed by atoms with Gasteiger partial charge < -0.3 is 23.4 Å². The van der Waals surface area contributed by atoms with Crippen molar-refractivity contribution in [3.8, 4) is 22.9 Å². The molecular weight excluding hydrogens is 358 g/mol. The minimum atomic E-state index is -0.0738. The lowest BCUT2D eigenvalue weighted by Gasteiger charge is -2.33. The monoisotopic (exact) mass is 381 g/mol. The van der Waals surface area contributed by atoms with E-state index < -0.39 is 0 Å². The van der Waals surface area contributed by atoms with Crippen molar-refractivity contribution in [1.29, 1.82) is 0 Å². The number of methoxy groups -OCH3 is 2. The van der Waals surface area contributed by atoms with Crippen molar-refractivity contribution in [1.82, 2.24) is 14.5 Å². The molecule has 146 valence electrons. The van der Waals surface area contributed by atoms with E-state index in [1.165, 1.54) is 6.26 Å². The van der Waals surface area contributed by atoms with E-state index >= 15 is 0 Å². The van der Waals surface area contributed by atoms with Gasteiger partial charge in [0.1, 0.15) is 5.82 Å². The number of ether oxygens (including phenoxy) is 2. The second-order valence-electron chi connectivity index (χ2n) is 6.72. The van der Waals surface area contributed by atoms with Crippen LogP contribution in [0.2, 0.25) is 0 Å². The smallest absolute Gasteiger partial charge is 0.289 e. The Bertz CT molecular complexity index is 948. The standard InChI is InChI=1S/C21H23N3O4/c1-26-17-8-3-7-16(19(17)27-2)20-22-10-12-24(20)15-6-4-11-23(14-15)21(25)18-9-5-13-28-18/h3,5,7-10,12-13,15H,4,6,11,14H2,1-2H3. The summed E-state index contributed by atoms with van der Waals surface area (Å²) in [6, 6.07) is 9.31. The first-order valence-electron chi connectivity index (χ1n) is 9.30. The molecule has 1 unspecified atom stereocenters. The molecule has 0 radical (unpaired) electrons. The maximum atomic E-state index is 12.7. The predicted octanol–water partition coefficient (Wildman–Crippen LogP) is 3.64. The van der Waals surface area contributed by atoms with Gasteiger partial charge in [-0.2, -0.15) is 0 Å². The molecule has 1 aromatic carbocycles. The van der Waals surface area contributed by atoms with Gasteiger partial charge in [-0.3, -0.25) is 4.79 Å². The quantitative estimate of drug-likeness (QED) is 0.675. The van der Waals surface area contributed by atoms with E-state index in [-0.39, 0.29) is 11.9 Å². The number of likely N-dealkylation sites (tertiary alicyclic amines) is 1. The van der Waals surface area contributed by atoms with Gasteiger partial charge in [0.15, 0.2) is 17.3 Å². The van der Waals surface area contributed by atoms with Crippen LogP contribution in [0.1, 0.15) is 29.4 Å². The van der Waals surface area contributed by atoms with E-state index in [1.54, 1.807) is 32.5 Å². The van der Waals surface area contributed by atoms with E-state index in [0.717, 1.165) is 30.8 Å². The number of hydrogen-bond donors (Lipinski definition) is 0. The van der Waals surface area contributed by atoms with Crippen LogP contribution in [0, 0.1) is 0 Å². The lowest BCUT2D eigenvalue weighted by Crippen LogP contribution is -2.40. The Morgan fingerprint density at radius 3 is 2.86 bits per heavy atom. The number of para-hydroxylation sites is 1. The van der Waals surface area contributed by atoms with Gasteiger partial charge in [0, 0.05) is 25.5 Å². The Morgan fingerprint density at radius 2 is 2.11 bits per heavy atom. The largest absolute Gasteiger partial charge is 0.493 e. The maximum Gasteiger partial charge on any atom is 0.289 e. The summed E-state index contributed by atoms with van der Waals surface area (Å²) in [6.07, 6.45) is 7.15. The molecule has 3 heterocycles. The molecule has 0 saturated carbocycles. The number of imidazole rings is 1. The first-order chi connectivity index (χ1) is 13.7. The number of carbonyl (C=O) groups excluding carboxylic acids is 1. The maximum absolute atomic E-state index is 12.7. The highest BCUT2D eigenvalue weighted by Gasteiger charge is 2.28. The van der Waals surface area contributed by atoms with Crippen LogP contribution in [0.25, 0.3) is 11.4 Å². The Kier molecular flexibility index (Phi) is 5.06. The summed E-state index contributed by atoms with van der Waals surface area (Å²) in [5.74, 6) is 2.41. The summed E-state index contributed by atoms with van der Waals surface area (Å²) in [5.41, 5.74) is 0.862. The molecule has 1 amide bonds. The molecule has 2 aromatic heterocycles. The van der Waals surface area contributed by atoms with Crippen LogP contribution in [-0.4, -0.2) is 47.7 Å². The van der Waals surface area contributed by atoms with Crippen molar-refractivity contribution in [3.63, 3.8) is 0 Å². The van der Waals surface area contributed by atoms with Gasteiger partial charge in [-0.25, -0.2) is 4.98 Å².